The second-order valence-electron chi connectivity index (χ2n) is 5.68. The van der Waals surface area contributed by atoms with Gasteiger partial charge in [0.15, 0.2) is 0 Å². The minimum Gasteiger partial charge on any atom is -0.480 e. The average molecular weight is 240 g/mol. The van der Waals surface area contributed by atoms with Gasteiger partial charge in [-0.05, 0) is 44.4 Å². The van der Waals surface area contributed by atoms with Gasteiger partial charge in [-0.1, -0.05) is 6.92 Å². The van der Waals surface area contributed by atoms with Crippen molar-refractivity contribution in [2.24, 2.45) is 11.7 Å². The Kier molecular flexibility index (Phi) is 2.89. The molecule has 2 aliphatic rings. The van der Waals surface area contributed by atoms with Crippen LogP contribution in [0.3, 0.4) is 0 Å². The van der Waals surface area contributed by atoms with E-state index in [1.54, 1.807) is 0 Å². The molecule has 2 fully saturated rings. The minimum atomic E-state index is -1.08. The Hall–Kier alpha value is -1.10. The van der Waals surface area contributed by atoms with Crippen LogP contribution in [0, 0.1) is 5.92 Å². The van der Waals surface area contributed by atoms with Crippen molar-refractivity contribution in [2.75, 3.05) is 0 Å². The van der Waals surface area contributed by atoms with Crippen molar-refractivity contribution in [3.63, 3.8) is 0 Å². The Bertz CT molecular complexity index is 342. The third-order valence-electron chi connectivity index (χ3n) is 4.13. The lowest BCUT2D eigenvalue weighted by atomic mass is 9.77. The molecule has 0 radical (unpaired) electrons. The molecule has 2 rings (SSSR count). The molecule has 0 bridgehead atoms. The number of carbonyl (C=O) groups excluding carboxylic acids is 1. The molecule has 0 aromatic carbocycles. The van der Waals surface area contributed by atoms with Crippen LogP contribution in [0.15, 0.2) is 0 Å². The van der Waals surface area contributed by atoms with E-state index in [2.05, 4.69) is 12.2 Å². The molecule has 4 N–H and O–H groups in total. The van der Waals surface area contributed by atoms with E-state index in [0.717, 1.165) is 12.8 Å². The molecule has 0 saturated heterocycles. The van der Waals surface area contributed by atoms with E-state index in [-0.39, 0.29) is 5.91 Å². The lowest BCUT2D eigenvalue weighted by molar-refractivity contribution is -0.150. The second kappa shape index (κ2) is 3.98. The van der Waals surface area contributed by atoms with Crippen molar-refractivity contribution in [2.45, 2.75) is 56.5 Å². The van der Waals surface area contributed by atoms with E-state index >= 15 is 0 Å². The standard InChI is InChI=1S/C12H20N2O3/c1-8-2-4-12(5-3-8,10(16)17)14-9(15)11(13)6-7-11/h8H,2-7,13H2,1H3,(H,14,15)(H,16,17). The molecule has 0 aromatic heterocycles. The summed E-state index contributed by atoms with van der Waals surface area (Å²) in [5.74, 6) is -0.691. The highest BCUT2D eigenvalue weighted by Gasteiger charge is 2.51. The first-order chi connectivity index (χ1) is 7.88. The molecule has 5 nitrogen and oxygen atoms in total. The Balaban J connectivity index is 2.07. The number of carbonyl (C=O) groups is 2. The maximum atomic E-state index is 11.9. The van der Waals surface area contributed by atoms with Crippen LogP contribution in [0.4, 0.5) is 0 Å². The van der Waals surface area contributed by atoms with E-state index in [4.69, 9.17) is 5.73 Å². The van der Waals surface area contributed by atoms with Crippen LogP contribution >= 0.6 is 0 Å². The summed E-state index contributed by atoms with van der Waals surface area (Å²) >= 11 is 0. The smallest absolute Gasteiger partial charge is 0.329 e. The fourth-order valence-electron chi connectivity index (χ4n) is 2.35. The van der Waals surface area contributed by atoms with Crippen molar-refractivity contribution < 1.29 is 14.7 Å². The summed E-state index contributed by atoms with van der Waals surface area (Å²) < 4.78 is 0. The molecule has 0 spiro atoms. The number of amides is 1. The first kappa shape index (κ1) is 12.4. The molecule has 2 saturated carbocycles. The van der Waals surface area contributed by atoms with E-state index in [9.17, 15) is 14.7 Å². The zero-order valence-electron chi connectivity index (χ0n) is 10.2. The number of rotatable bonds is 3. The highest BCUT2D eigenvalue weighted by molar-refractivity contribution is 5.94. The van der Waals surface area contributed by atoms with E-state index in [0.29, 0.717) is 31.6 Å². The number of nitrogens with two attached hydrogens (primary N) is 1. The highest BCUT2D eigenvalue weighted by atomic mass is 16.4. The van der Waals surface area contributed by atoms with Crippen molar-refractivity contribution in [3.8, 4) is 0 Å². The first-order valence-corrected chi connectivity index (χ1v) is 6.23. The van der Waals surface area contributed by atoms with Gasteiger partial charge in [0.1, 0.15) is 5.54 Å². The van der Waals surface area contributed by atoms with E-state index in [1.807, 2.05) is 0 Å². The molecule has 0 aromatic rings. The maximum absolute atomic E-state index is 11.9. The Labute approximate surface area is 101 Å². The Morgan fingerprint density at radius 1 is 1.24 bits per heavy atom. The summed E-state index contributed by atoms with van der Waals surface area (Å²) in [5, 5.41) is 12.0. The molecule has 17 heavy (non-hydrogen) atoms. The Morgan fingerprint density at radius 3 is 2.18 bits per heavy atom. The summed E-state index contributed by atoms with van der Waals surface area (Å²) in [6.45, 7) is 2.11. The van der Waals surface area contributed by atoms with Crippen LogP contribution in [0.1, 0.15) is 45.4 Å². The van der Waals surface area contributed by atoms with Gasteiger partial charge in [0.05, 0.1) is 5.54 Å². The zero-order valence-corrected chi connectivity index (χ0v) is 10.2. The van der Waals surface area contributed by atoms with Crippen LogP contribution in [0.2, 0.25) is 0 Å². The van der Waals surface area contributed by atoms with Gasteiger partial charge in [-0.15, -0.1) is 0 Å². The monoisotopic (exact) mass is 240 g/mol. The van der Waals surface area contributed by atoms with Crippen LogP contribution in [-0.4, -0.2) is 28.1 Å². The van der Waals surface area contributed by atoms with Gasteiger partial charge in [0, 0.05) is 0 Å². The first-order valence-electron chi connectivity index (χ1n) is 6.23. The molecular weight excluding hydrogens is 220 g/mol. The van der Waals surface area contributed by atoms with Gasteiger partial charge in [-0.3, -0.25) is 4.79 Å². The predicted molar refractivity (Wildman–Crippen MR) is 62.3 cm³/mol. The van der Waals surface area contributed by atoms with Crippen LogP contribution < -0.4 is 11.1 Å². The predicted octanol–water partition coefficient (Wildman–Crippen LogP) is 0.627. The largest absolute Gasteiger partial charge is 0.480 e. The third-order valence-corrected chi connectivity index (χ3v) is 4.13. The quantitative estimate of drug-likeness (QED) is 0.674. The molecular formula is C12H20N2O3. The van der Waals surface area contributed by atoms with Gasteiger partial charge in [0.2, 0.25) is 5.91 Å². The van der Waals surface area contributed by atoms with Gasteiger partial charge < -0.3 is 16.2 Å². The summed E-state index contributed by atoms with van der Waals surface area (Å²) in [6.07, 6.45) is 4.00. The molecule has 96 valence electrons. The number of nitrogens with one attached hydrogen (secondary N) is 1. The SMILES string of the molecule is CC1CCC(NC(=O)C2(N)CC2)(C(=O)O)CC1. The summed E-state index contributed by atoms with van der Waals surface area (Å²) in [5.41, 5.74) is 3.90. The lowest BCUT2D eigenvalue weighted by Crippen LogP contribution is -2.60. The number of carboxylic acid groups (broad SMARTS) is 1. The summed E-state index contributed by atoms with van der Waals surface area (Å²) in [4.78, 5) is 23.3. The normalized spacial score (nSPS) is 35.1. The fraction of sp³-hybridized carbons (Fsp3) is 0.833. The Morgan fingerprint density at radius 2 is 1.76 bits per heavy atom. The lowest BCUT2D eigenvalue weighted by Gasteiger charge is -2.37. The van der Waals surface area contributed by atoms with Gasteiger partial charge in [-0.25, -0.2) is 4.79 Å². The zero-order chi connectivity index (χ0) is 12.7. The third kappa shape index (κ3) is 2.29. The van der Waals surface area contributed by atoms with Crippen molar-refractivity contribution >= 4 is 11.9 Å². The van der Waals surface area contributed by atoms with Gasteiger partial charge in [-0.2, -0.15) is 0 Å². The van der Waals surface area contributed by atoms with Crippen LogP contribution in [0.5, 0.6) is 0 Å². The fourth-order valence-corrected chi connectivity index (χ4v) is 2.35. The molecule has 2 aliphatic carbocycles. The molecule has 0 aliphatic heterocycles. The van der Waals surface area contributed by atoms with Crippen molar-refractivity contribution in [1.29, 1.82) is 0 Å². The molecule has 5 heteroatoms. The minimum absolute atomic E-state index is 0.297. The average Bonchev–Trinajstić information content (AvgIpc) is 3.01. The maximum Gasteiger partial charge on any atom is 0.329 e. The molecule has 0 atom stereocenters. The van der Waals surface area contributed by atoms with Gasteiger partial charge >= 0.3 is 5.97 Å². The molecule has 0 heterocycles. The van der Waals surface area contributed by atoms with Crippen molar-refractivity contribution in [1.82, 2.24) is 5.32 Å². The number of aliphatic carboxylic acids is 1. The highest BCUT2D eigenvalue weighted by Crippen LogP contribution is 2.36. The van der Waals surface area contributed by atoms with Crippen LogP contribution in [0.25, 0.3) is 0 Å². The molecule has 0 unspecified atom stereocenters. The van der Waals surface area contributed by atoms with Crippen molar-refractivity contribution in [3.05, 3.63) is 0 Å². The summed E-state index contributed by atoms with van der Waals surface area (Å²) in [7, 11) is 0. The van der Waals surface area contributed by atoms with E-state index in [1.165, 1.54) is 0 Å². The molecule has 1 amide bonds. The number of carboxylic acids is 1. The number of hydrogen-bond donors (Lipinski definition) is 3. The van der Waals surface area contributed by atoms with Crippen LogP contribution in [-0.2, 0) is 9.59 Å². The summed E-state index contributed by atoms with van der Waals surface area (Å²) in [6, 6.07) is 0. The van der Waals surface area contributed by atoms with Gasteiger partial charge in [0.25, 0.3) is 0 Å². The topological polar surface area (TPSA) is 92.4 Å². The second-order valence-corrected chi connectivity index (χ2v) is 5.68. The number of hydrogen-bond acceptors (Lipinski definition) is 3. The van der Waals surface area contributed by atoms with E-state index < -0.39 is 17.0 Å².